The molecule has 22 heavy (non-hydrogen) atoms. The number of halogens is 3. The summed E-state index contributed by atoms with van der Waals surface area (Å²) in [6, 6.07) is 10.5. The standard InChI is InChI=1S/C15H8Cl2FNO2S/c16-14-3-1-2-10(15(14)17)8-13(9-19)22(20,21)12-6-4-11(18)5-7-12/h1-8H. The topological polar surface area (TPSA) is 57.9 Å². The first-order valence-electron chi connectivity index (χ1n) is 5.92. The van der Waals surface area contributed by atoms with E-state index in [1.165, 1.54) is 6.07 Å². The lowest BCUT2D eigenvalue weighted by molar-refractivity contribution is 0.601. The first-order valence-corrected chi connectivity index (χ1v) is 8.16. The molecule has 0 aromatic heterocycles. The van der Waals surface area contributed by atoms with Gasteiger partial charge in [0.05, 0.1) is 14.9 Å². The Hall–Kier alpha value is -1.87. The van der Waals surface area contributed by atoms with Crippen molar-refractivity contribution in [2.24, 2.45) is 0 Å². The van der Waals surface area contributed by atoms with E-state index in [1.807, 2.05) is 0 Å². The molecule has 7 heteroatoms. The van der Waals surface area contributed by atoms with Crippen LogP contribution < -0.4 is 0 Å². The minimum Gasteiger partial charge on any atom is -0.218 e. The summed E-state index contributed by atoms with van der Waals surface area (Å²) >= 11 is 11.8. The lowest BCUT2D eigenvalue weighted by atomic mass is 10.2. The molecule has 0 unspecified atom stereocenters. The molecule has 2 aromatic rings. The molecule has 0 N–H and O–H groups in total. The van der Waals surface area contributed by atoms with Gasteiger partial charge in [0, 0.05) is 0 Å². The van der Waals surface area contributed by atoms with Crippen molar-refractivity contribution in [3.63, 3.8) is 0 Å². The molecule has 2 aromatic carbocycles. The number of sulfone groups is 1. The summed E-state index contributed by atoms with van der Waals surface area (Å²) in [7, 11) is -4.06. The van der Waals surface area contributed by atoms with Crippen molar-refractivity contribution in [1.82, 2.24) is 0 Å². The number of hydrogen-bond acceptors (Lipinski definition) is 3. The van der Waals surface area contributed by atoms with E-state index in [0.717, 1.165) is 30.3 Å². The molecule has 0 heterocycles. The predicted molar refractivity (Wildman–Crippen MR) is 83.6 cm³/mol. The molecule has 0 saturated carbocycles. The van der Waals surface area contributed by atoms with Gasteiger partial charge in [-0.15, -0.1) is 0 Å². The molecule has 0 aliphatic rings. The quantitative estimate of drug-likeness (QED) is 0.602. The maximum absolute atomic E-state index is 12.9. The molecule has 0 spiro atoms. The van der Waals surface area contributed by atoms with Crippen LogP contribution in [-0.4, -0.2) is 8.42 Å². The van der Waals surface area contributed by atoms with Crippen molar-refractivity contribution in [2.45, 2.75) is 4.90 Å². The summed E-state index contributed by atoms with van der Waals surface area (Å²) in [5.74, 6) is -0.570. The van der Waals surface area contributed by atoms with Crippen LogP contribution in [0.1, 0.15) is 5.56 Å². The Morgan fingerprint density at radius 1 is 1.14 bits per heavy atom. The fourth-order valence-corrected chi connectivity index (χ4v) is 3.20. The van der Waals surface area contributed by atoms with Crippen molar-refractivity contribution < 1.29 is 12.8 Å². The average molecular weight is 356 g/mol. The van der Waals surface area contributed by atoms with Crippen molar-refractivity contribution in [1.29, 1.82) is 5.26 Å². The van der Waals surface area contributed by atoms with Gasteiger partial charge in [0.1, 0.15) is 16.8 Å². The molecule has 0 atom stereocenters. The van der Waals surface area contributed by atoms with Gasteiger partial charge in [-0.3, -0.25) is 0 Å². The molecule has 3 nitrogen and oxygen atoms in total. The molecule has 0 fully saturated rings. The van der Waals surface area contributed by atoms with Crippen molar-refractivity contribution in [2.75, 3.05) is 0 Å². The Morgan fingerprint density at radius 3 is 2.36 bits per heavy atom. The maximum Gasteiger partial charge on any atom is 0.216 e. The molecule has 0 radical (unpaired) electrons. The van der Waals surface area contributed by atoms with Gasteiger partial charge in [-0.25, -0.2) is 12.8 Å². The summed E-state index contributed by atoms with van der Waals surface area (Å²) in [6.45, 7) is 0. The first kappa shape index (κ1) is 16.5. The number of benzene rings is 2. The number of nitriles is 1. The highest BCUT2D eigenvalue weighted by Crippen LogP contribution is 2.29. The van der Waals surface area contributed by atoms with E-state index >= 15 is 0 Å². The highest BCUT2D eigenvalue weighted by molar-refractivity contribution is 7.95. The summed E-state index contributed by atoms with van der Waals surface area (Å²) < 4.78 is 37.7. The third-order valence-corrected chi connectivity index (χ3v) is 5.31. The van der Waals surface area contributed by atoms with Crippen LogP contribution in [0.4, 0.5) is 4.39 Å². The van der Waals surface area contributed by atoms with Crippen LogP contribution in [0, 0.1) is 17.1 Å². The second-order valence-electron chi connectivity index (χ2n) is 4.22. The van der Waals surface area contributed by atoms with Gasteiger partial charge in [0.2, 0.25) is 9.84 Å². The minimum absolute atomic E-state index is 0.145. The number of allylic oxidation sites excluding steroid dienone is 1. The van der Waals surface area contributed by atoms with Crippen LogP contribution in [0.15, 0.2) is 52.3 Å². The lowest BCUT2D eigenvalue weighted by Crippen LogP contribution is -2.03. The first-order chi connectivity index (χ1) is 10.4. The number of nitrogens with zero attached hydrogens (tertiary/aromatic N) is 1. The molecule has 0 amide bonds. The van der Waals surface area contributed by atoms with Gasteiger partial charge in [-0.1, -0.05) is 35.3 Å². The minimum atomic E-state index is -4.06. The van der Waals surface area contributed by atoms with Crippen molar-refractivity contribution >= 4 is 39.1 Å². The van der Waals surface area contributed by atoms with E-state index in [-0.39, 0.29) is 14.9 Å². The third-order valence-electron chi connectivity index (χ3n) is 2.79. The normalized spacial score (nSPS) is 12.0. The Balaban J connectivity index is 2.56. The van der Waals surface area contributed by atoms with E-state index in [9.17, 15) is 12.8 Å². The number of hydrogen-bond donors (Lipinski definition) is 0. The SMILES string of the molecule is N#CC(=Cc1cccc(Cl)c1Cl)S(=O)(=O)c1ccc(F)cc1. The fraction of sp³-hybridized carbons (Fsp3) is 0. The Morgan fingerprint density at radius 2 is 1.77 bits per heavy atom. The predicted octanol–water partition coefficient (Wildman–Crippen LogP) is 4.47. The molecule has 0 saturated heterocycles. The monoisotopic (exact) mass is 355 g/mol. The maximum atomic E-state index is 12.9. The average Bonchev–Trinajstić information content (AvgIpc) is 2.49. The van der Waals surface area contributed by atoms with Gasteiger partial charge in [0.15, 0.2) is 0 Å². The van der Waals surface area contributed by atoms with E-state index in [4.69, 9.17) is 28.5 Å². The van der Waals surface area contributed by atoms with Gasteiger partial charge < -0.3 is 0 Å². The Kier molecular flexibility index (Phi) is 4.87. The van der Waals surface area contributed by atoms with Gasteiger partial charge in [-0.05, 0) is 42.0 Å². The lowest BCUT2D eigenvalue weighted by Gasteiger charge is -2.05. The molecular weight excluding hydrogens is 348 g/mol. The van der Waals surface area contributed by atoms with E-state index < -0.39 is 20.6 Å². The van der Waals surface area contributed by atoms with Crippen LogP contribution >= 0.6 is 23.2 Å². The summed E-state index contributed by atoms with van der Waals surface area (Å²) in [4.78, 5) is -0.692. The van der Waals surface area contributed by atoms with Crippen LogP contribution in [0.25, 0.3) is 6.08 Å². The third kappa shape index (κ3) is 3.30. The van der Waals surface area contributed by atoms with E-state index in [1.54, 1.807) is 18.2 Å². The smallest absolute Gasteiger partial charge is 0.216 e. The van der Waals surface area contributed by atoms with Crippen LogP contribution in [-0.2, 0) is 9.84 Å². The van der Waals surface area contributed by atoms with Crippen molar-refractivity contribution in [3.8, 4) is 6.07 Å². The zero-order chi connectivity index (χ0) is 16.3. The largest absolute Gasteiger partial charge is 0.218 e. The van der Waals surface area contributed by atoms with Crippen molar-refractivity contribution in [3.05, 3.63) is 68.8 Å². The van der Waals surface area contributed by atoms with E-state index in [2.05, 4.69) is 0 Å². The second kappa shape index (κ2) is 6.49. The molecule has 0 bridgehead atoms. The highest BCUT2D eigenvalue weighted by Gasteiger charge is 2.21. The molecular formula is C15H8Cl2FNO2S. The molecule has 112 valence electrons. The molecule has 0 aliphatic heterocycles. The summed E-state index contributed by atoms with van der Waals surface area (Å²) in [5, 5.41) is 9.54. The van der Waals surface area contributed by atoms with E-state index in [0.29, 0.717) is 5.56 Å². The Labute approximate surface area is 137 Å². The second-order valence-corrected chi connectivity index (χ2v) is 6.92. The van der Waals surface area contributed by atoms with Gasteiger partial charge >= 0.3 is 0 Å². The molecule has 0 aliphatic carbocycles. The number of rotatable bonds is 3. The van der Waals surface area contributed by atoms with Gasteiger partial charge in [0.25, 0.3) is 0 Å². The summed E-state index contributed by atoms with van der Waals surface area (Å²) in [6.07, 6.45) is 1.13. The summed E-state index contributed by atoms with van der Waals surface area (Å²) in [5.41, 5.74) is 0.302. The fourth-order valence-electron chi connectivity index (χ4n) is 1.68. The van der Waals surface area contributed by atoms with Crippen LogP contribution in [0.3, 0.4) is 0 Å². The molecule has 2 rings (SSSR count). The zero-order valence-electron chi connectivity index (χ0n) is 10.9. The van der Waals surface area contributed by atoms with Crippen LogP contribution in [0.5, 0.6) is 0 Å². The van der Waals surface area contributed by atoms with Gasteiger partial charge in [-0.2, -0.15) is 5.26 Å². The van der Waals surface area contributed by atoms with Crippen LogP contribution in [0.2, 0.25) is 10.0 Å². The highest BCUT2D eigenvalue weighted by atomic mass is 35.5. The zero-order valence-corrected chi connectivity index (χ0v) is 13.3. The Bertz CT molecular complexity index is 885.